The minimum absolute atomic E-state index is 0.255. The maximum atomic E-state index is 5.60. The molecule has 2 fully saturated rings. The lowest BCUT2D eigenvalue weighted by molar-refractivity contribution is -0.198. The van der Waals surface area contributed by atoms with Crippen molar-refractivity contribution in [2.45, 2.75) is 26.7 Å². The van der Waals surface area contributed by atoms with Gasteiger partial charge < -0.3 is 18.9 Å². The minimum Gasteiger partial charge on any atom is -0.380 e. The molecule has 0 aromatic carbocycles. The van der Waals surface area contributed by atoms with Crippen molar-refractivity contribution in [3.63, 3.8) is 0 Å². The molecular weight excluding hydrogens is 220 g/mol. The summed E-state index contributed by atoms with van der Waals surface area (Å²) in [4.78, 5) is 0. The highest BCUT2D eigenvalue weighted by atomic mass is 16.7. The largest absolute Gasteiger partial charge is 0.380 e. The molecule has 100 valence electrons. The van der Waals surface area contributed by atoms with E-state index in [4.69, 9.17) is 18.9 Å². The highest BCUT2D eigenvalue weighted by Gasteiger charge is 2.38. The smallest absolute Gasteiger partial charge is 0.146 e. The molecule has 0 radical (unpaired) electrons. The number of ether oxygens (including phenoxy) is 4. The van der Waals surface area contributed by atoms with Crippen LogP contribution in [0.25, 0.3) is 0 Å². The summed E-state index contributed by atoms with van der Waals surface area (Å²) in [6.45, 7) is 9.58. The van der Waals surface area contributed by atoms with Gasteiger partial charge in [-0.25, -0.2) is 0 Å². The maximum Gasteiger partial charge on any atom is 0.146 e. The number of hydrogen-bond acceptors (Lipinski definition) is 4. The molecule has 0 saturated carbocycles. The number of hydrogen-bond donors (Lipinski definition) is 0. The molecule has 0 aromatic heterocycles. The molecule has 2 rings (SSSR count). The van der Waals surface area contributed by atoms with Crippen molar-refractivity contribution < 1.29 is 18.9 Å². The summed E-state index contributed by atoms with van der Waals surface area (Å²) in [5.74, 6) is 0. The van der Waals surface area contributed by atoms with Crippen LogP contribution in [-0.4, -0.2) is 46.4 Å². The van der Waals surface area contributed by atoms with Gasteiger partial charge in [0.05, 0.1) is 39.6 Å². The van der Waals surface area contributed by atoms with Crippen LogP contribution >= 0.6 is 0 Å². The van der Waals surface area contributed by atoms with Crippen LogP contribution < -0.4 is 0 Å². The Morgan fingerprint density at radius 2 is 1.24 bits per heavy atom. The Morgan fingerprint density at radius 1 is 0.824 bits per heavy atom. The lowest BCUT2D eigenvalue weighted by Gasteiger charge is -2.41. The van der Waals surface area contributed by atoms with E-state index in [9.17, 15) is 0 Å². The molecule has 0 bridgehead atoms. The van der Waals surface area contributed by atoms with Crippen LogP contribution in [0.1, 0.15) is 26.7 Å². The van der Waals surface area contributed by atoms with Crippen LogP contribution in [-0.2, 0) is 18.9 Å². The van der Waals surface area contributed by atoms with E-state index in [2.05, 4.69) is 13.8 Å². The molecule has 4 nitrogen and oxygen atoms in total. The van der Waals surface area contributed by atoms with Crippen LogP contribution in [0, 0.1) is 10.8 Å². The average molecular weight is 244 g/mol. The first kappa shape index (κ1) is 13.3. The second-order valence-corrected chi connectivity index (χ2v) is 5.51. The molecule has 2 saturated heterocycles. The Labute approximate surface area is 104 Å². The Morgan fingerprint density at radius 3 is 1.47 bits per heavy atom. The van der Waals surface area contributed by atoms with E-state index in [0.29, 0.717) is 6.79 Å². The van der Waals surface area contributed by atoms with Crippen molar-refractivity contribution in [1.82, 2.24) is 0 Å². The fourth-order valence-corrected chi connectivity index (χ4v) is 2.14. The third-order valence-corrected chi connectivity index (χ3v) is 4.12. The van der Waals surface area contributed by atoms with Crippen molar-refractivity contribution in [2.75, 3.05) is 46.4 Å². The third-order valence-electron chi connectivity index (χ3n) is 4.12. The zero-order chi connectivity index (χ0) is 12.2. The van der Waals surface area contributed by atoms with Gasteiger partial charge in [0.2, 0.25) is 0 Å². The molecule has 0 amide bonds. The second kappa shape index (κ2) is 5.65. The Bertz CT molecular complexity index is 199. The molecule has 0 atom stereocenters. The van der Waals surface area contributed by atoms with E-state index in [1.54, 1.807) is 0 Å². The fourth-order valence-electron chi connectivity index (χ4n) is 2.14. The monoisotopic (exact) mass is 244 g/mol. The summed E-state index contributed by atoms with van der Waals surface area (Å²) in [6, 6.07) is 0. The normalized spacial score (nSPS) is 25.1. The first-order chi connectivity index (χ1) is 8.24. The average Bonchev–Trinajstić information content (AvgIpc) is 2.24. The lowest BCUT2D eigenvalue weighted by atomic mass is 9.84. The second-order valence-electron chi connectivity index (χ2n) is 5.51. The predicted molar refractivity (Wildman–Crippen MR) is 63.9 cm³/mol. The summed E-state index contributed by atoms with van der Waals surface area (Å²) in [6.07, 6.45) is 2.22. The summed E-state index contributed by atoms with van der Waals surface area (Å²) in [5.41, 5.74) is 0.511. The van der Waals surface area contributed by atoms with Gasteiger partial charge in [0, 0.05) is 10.8 Å². The summed E-state index contributed by atoms with van der Waals surface area (Å²) < 4.78 is 21.7. The van der Waals surface area contributed by atoms with Crippen molar-refractivity contribution >= 4 is 0 Å². The quantitative estimate of drug-likeness (QED) is 0.482. The first-order valence-electron chi connectivity index (χ1n) is 6.55. The van der Waals surface area contributed by atoms with E-state index >= 15 is 0 Å². The molecule has 2 heterocycles. The molecule has 0 aliphatic carbocycles. The fraction of sp³-hybridized carbons (Fsp3) is 1.00. The Hall–Kier alpha value is -0.160. The van der Waals surface area contributed by atoms with Crippen LogP contribution in [0.5, 0.6) is 0 Å². The molecule has 0 unspecified atom stereocenters. The topological polar surface area (TPSA) is 36.9 Å². The lowest BCUT2D eigenvalue weighted by Crippen LogP contribution is -2.47. The van der Waals surface area contributed by atoms with Crippen LogP contribution in [0.2, 0.25) is 0 Å². The van der Waals surface area contributed by atoms with Crippen molar-refractivity contribution in [2.24, 2.45) is 10.8 Å². The van der Waals surface area contributed by atoms with Gasteiger partial charge in [-0.1, -0.05) is 13.8 Å². The van der Waals surface area contributed by atoms with E-state index in [-0.39, 0.29) is 10.8 Å². The zero-order valence-electron chi connectivity index (χ0n) is 11.0. The van der Waals surface area contributed by atoms with Crippen LogP contribution in [0.4, 0.5) is 0 Å². The van der Waals surface area contributed by atoms with E-state index in [0.717, 1.165) is 52.5 Å². The Balaban J connectivity index is 1.54. The minimum atomic E-state index is 0.255. The molecule has 17 heavy (non-hydrogen) atoms. The van der Waals surface area contributed by atoms with E-state index in [1.165, 1.54) is 0 Å². The summed E-state index contributed by atoms with van der Waals surface area (Å²) in [7, 11) is 0. The van der Waals surface area contributed by atoms with Gasteiger partial charge in [-0.15, -0.1) is 0 Å². The van der Waals surface area contributed by atoms with Gasteiger partial charge in [-0.3, -0.25) is 0 Å². The van der Waals surface area contributed by atoms with E-state index in [1.807, 2.05) is 0 Å². The van der Waals surface area contributed by atoms with Gasteiger partial charge >= 0.3 is 0 Å². The first-order valence-corrected chi connectivity index (χ1v) is 6.55. The Kier molecular flexibility index (Phi) is 4.42. The predicted octanol–water partition coefficient (Wildman–Crippen LogP) is 1.83. The highest BCUT2D eigenvalue weighted by molar-refractivity contribution is 4.84. The van der Waals surface area contributed by atoms with Gasteiger partial charge in [0.15, 0.2) is 0 Å². The number of rotatable bonds is 8. The maximum absolute atomic E-state index is 5.60. The molecule has 2 aliphatic heterocycles. The molecule has 4 heteroatoms. The molecular formula is C13H24O4. The van der Waals surface area contributed by atoms with Crippen LogP contribution in [0.15, 0.2) is 0 Å². The van der Waals surface area contributed by atoms with Gasteiger partial charge in [0.25, 0.3) is 0 Å². The molecule has 2 aliphatic rings. The van der Waals surface area contributed by atoms with Gasteiger partial charge in [-0.05, 0) is 12.8 Å². The molecule has 0 aromatic rings. The van der Waals surface area contributed by atoms with Crippen molar-refractivity contribution in [3.8, 4) is 0 Å². The standard InChI is InChI=1S/C13H24O4/c1-3-12(5-14-6-12)9-16-11-17-10-13(4-2)7-15-8-13/h3-11H2,1-2H3. The van der Waals surface area contributed by atoms with Gasteiger partial charge in [-0.2, -0.15) is 0 Å². The highest BCUT2D eigenvalue weighted by Crippen LogP contribution is 2.32. The summed E-state index contributed by atoms with van der Waals surface area (Å²) >= 11 is 0. The van der Waals surface area contributed by atoms with Gasteiger partial charge in [0.1, 0.15) is 6.79 Å². The van der Waals surface area contributed by atoms with Crippen molar-refractivity contribution in [3.05, 3.63) is 0 Å². The zero-order valence-corrected chi connectivity index (χ0v) is 11.0. The molecule has 0 N–H and O–H groups in total. The summed E-state index contributed by atoms with van der Waals surface area (Å²) in [5, 5.41) is 0. The third kappa shape index (κ3) is 2.99. The molecule has 0 spiro atoms. The van der Waals surface area contributed by atoms with E-state index < -0.39 is 0 Å². The van der Waals surface area contributed by atoms with Crippen molar-refractivity contribution in [1.29, 1.82) is 0 Å². The van der Waals surface area contributed by atoms with Crippen LogP contribution in [0.3, 0.4) is 0 Å². The SMILES string of the molecule is CCC1(COCOCC2(CC)COC2)COC1.